The molecule has 3 amide bonds. The monoisotopic (exact) mass is 514 g/mol. The zero-order valence-corrected chi connectivity index (χ0v) is 22.8. The molecular weight excluding hydrogens is 472 g/mol. The van der Waals surface area contributed by atoms with E-state index < -0.39 is 5.60 Å². The van der Waals surface area contributed by atoms with Crippen LogP contribution in [0.25, 0.3) is 0 Å². The minimum Gasteiger partial charge on any atom is -0.476 e. The highest BCUT2D eigenvalue weighted by Gasteiger charge is 2.43. The number of carbonyl (C=O) groups is 3. The summed E-state index contributed by atoms with van der Waals surface area (Å²) in [7, 11) is 1.65. The summed E-state index contributed by atoms with van der Waals surface area (Å²) in [5.74, 6) is 0.0548. The number of anilines is 2. The van der Waals surface area contributed by atoms with Crippen LogP contribution in [0.1, 0.15) is 59.8 Å². The first kappa shape index (κ1) is 27.4. The first-order valence-electron chi connectivity index (χ1n) is 13.6. The molecule has 204 valence electrons. The Bertz CT molecular complexity index is 1010. The molecule has 1 aliphatic carbocycles. The van der Waals surface area contributed by atoms with Gasteiger partial charge in [0.05, 0.1) is 17.5 Å². The summed E-state index contributed by atoms with van der Waals surface area (Å²) in [6, 6.07) is 5.95. The zero-order valence-electron chi connectivity index (χ0n) is 22.8. The van der Waals surface area contributed by atoms with Crippen molar-refractivity contribution in [3.8, 4) is 5.75 Å². The predicted octanol–water partition coefficient (Wildman–Crippen LogP) is 2.86. The molecule has 1 saturated carbocycles. The number of ether oxygens (including phenoxy) is 2. The van der Waals surface area contributed by atoms with Gasteiger partial charge < -0.3 is 29.9 Å². The van der Waals surface area contributed by atoms with Crippen molar-refractivity contribution >= 4 is 29.1 Å². The molecule has 0 radical (unpaired) electrons. The number of methoxy groups -OCH3 is 1. The lowest BCUT2D eigenvalue weighted by molar-refractivity contribution is -0.132. The summed E-state index contributed by atoms with van der Waals surface area (Å²) in [5.41, 5.74) is 0.487. The average Bonchev–Trinajstić information content (AvgIpc) is 3.71. The standard InChI is InChI=1S/C28H42N4O5/c1-6-18(2)30-25(33)19-14-20(17-29-16-19)26(34)32(21-8-9-21)22-10-11-24-23(15-22)31(12-7-13-36-5)27(35)28(3,4)37-24/h10-11,15,18-21,29H,6-9,12-14,16-17H2,1-5H3,(H,30,33)/t18-,19-,20+/m0/s1. The van der Waals surface area contributed by atoms with Crippen LogP contribution < -0.4 is 25.2 Å². The number of fused-ring (bicyclic) bond motifs is 1. The topological polar surface area (TPSA) is 100 Å². The fraction of sp³-hybridized carbons (Fsp3) is 0.679. The van der Waals surface area contributed by atoms with Gasteiger partial charge in [-0.1, -0.05) is 6.92 Å². The number of nitrogens with one attached hydrogen (secondary N) is 2. The van der Waals surface area contributed by atoms with Crippen LogP contribution in [0.3, 0.4) is 0 Å². The maximum absolute atomic E-state index is 13.9. The average molecular weight is 515 g/mol. The summed E-state index contributed by atoms with van der Waals surface area (Å²) in [6.07, 6.45) is 3.98. The van der Waals surface area contributed by atoms with Gasteiger partial charge in [0.1, 0.15) is 5.75 Å². The van der Waals surface area contributed by atoms with Gasteiger partial charge in [-0.3, -0.25) is 14.4 Å². The molecule has 2 fully saturated rings. The van der Waals surface area contributed by atoms with E-state index in [-0.39, 0.29) is 41.6 Å². The largest absolute Gasteiger partial charge is 0.476 e. The summed E-state index contributed by atoms with van der Waals surface area (Å²) >= 11 is 0. The highest BCUT2D eigenvalue weighted by molar-refractivity contribution is 6.04. The lowest BCUT2D eigenvalue weighted by Crippen LogP contribution is -2.53. The fourth-order valence-corrected chi connectivity index (χ4v) is 5.13. The van der Waals surface area contributed by atoms with Crippen LogP contribution in [0.4, 0.5) is 11.4 Å². The molecule has 1 aromatic rings. The summed E-state index contributed by atoms with van der Waals surface area (Å²) in [4.78, 5) is 43.5. The number of piperidine rings is 1. The molecule has 0 unspecified atom stereocenters. The van der Waals surface area contributed by atoms with Gasteiger partial charge in [0.15, 0.2) is 5.60 Å². The van der Waals surface area contributed by atoms with Crippen molar-refractivity contribution in [2.45, 2.75) is 77.5 Å². The Kier molecular flexibility index (Phi) is 8.43. The molecule has 0 spiro atoms. The number of rotatable bonds is 10. The van der Waals surface area contributed by atoms with Gasteiger partial charge in [-0.15, -0.1) is 0 Å². The lowest BCUT2D eigenvalue weighted by atomic mass is 9.88. The molecule has 1 saturated heterocycles. The van der Waals surface area contributed by atoms with Crippen molar-refractivity contribution in [1.82, 2.24) is 10.6 Å². The van der Waals surface area contributed by atoms with E-state index in [1.54, 1.807) is 25.9 Å². The quantitative estimate of drug-likeness (QED) is 0.466. The van der Waals surface area contributed by atoms with Crippen LogP contribution in [0.5, 0.6) is 5.75 Å². The van der Waals surface area contributed by atoms with Crippen molar-refractivity contribution in [2.75, 3.05) is 43.2 Å². The molecule has 9 heteroatoms. The van der Waals surface area contributed by atoms with Crippen LogP contribution in [-0.2, 0) is 19.1 Å². The van der Waals surface area contributed by atoms with Crippen LogP contribution in [-0.4, -0.2) is 68.8 Å². The Balaban J connectivity index is 1.57. The molecule has 2 heterocycles. The van der Waals surface area contributed by atoms with Crippen molar-refractivity contribution in [2.24, 2.45) is 11.8 Å². The molecular formula is C28H42N4O5. The van der Waals surface area contributed by atoms with Crippen molar-refractivity contribution < 1.29 is 23.9 Å². The molecule has 2 N–H and O–H groups in total. The Morgan fingerprint density at radius 2 is 2.00 bits per heavy atom. The van der Waals surface area contributed by atoms with E-state index in [1.165, 1.54) is 0 Å². The van der Waals surface area contributed by atoms with Crippen LogP contribution in [0, 0.1) is 11.8 Å². The second-order valence-electron chi connectivity index (χ2n) is 11.1. The molecule has 0 bridgehead atoms. The summed E-state index contributed by atoms with van der Waals surface area (Å²) in [6.45, 7) is 9.79. The normalized spacial score (nSPS) is 23.6. The summed E-state index contributed by atoms with van der Waals surface area (Å²) in [5, 5.41) is 6.37. The maximum Gasteiger partial charge on any atom is 0.270 e. The third kappa shape index (κ3) is 6.09. The van der Waals surface area contributed by atoms with E-state index in [1.807, 2.05) is 36.9 Å². The lowest BCUT2D eigenvalue weighted by Gasteiger charge is -2.39. The minimum absolute atomic E-state index is 0.0103. The first-order chi connectivity index (χ1) is 17.7. The Hall–Kier alpha value is -2.65. The van der Waals surface area contributed by atoms with Gasteiger partial charge in [0, 0.05) is 51.1 Å². The molecule has 0 aromatic heterocycles. The zero-order chi connectivity index (χ0) is 26.7. The predicted molar refractivity (Wildman–Crippen MR) is 143 cm³/mol. The highest BCUT2D eigenvalue weighted by Crippen LogP contribution is 2.43. The third-order valence-corrected chi connectivity index (χ3v) is 7.59. The van der Waals surface area contributed by atoms with Crippen molar-refractivity contribution in [3.05, 3.63) is 18.2 Å². The van der Waals surface area contributed by atoms with Crippen molar-refractivity contribution in [3.63, 3.8) is 0 Å². The number of hydrogen-bond donors (Lipinski definition) is 2. The molecule has 1 aromatic carbocycles. The van der Waals surface area contributed by atoms with E-state index in [0.717, 1.165) is 24.9 Å². The van der Waals surface area contributed by atoms with E-state index in [0.29, 0.717) is 50.5 Å². The minimum atomic E-state index is -0.966. The van der Waals surface area contributed by atoms with E-state index in [9.17, 15) is 14.4 Å². The molecule has 3 aliphatic rings. The van der Waals surface area contributed by atoms with Gasteiger partial charge in [0.25, 0.3) is 5.91 Å². The SMILES string of the molecule is CC[C@H](C)NC(=O)[C@@H]1CNC[C@H](C(=O)N(c2ccc3c(c2)N(CCCOC)C(=O)C(C)(C)O3)C2CC2)C1. The molecule has 2 aliphatic heterocycles. The molecule has 4 rings (SSSR count). The summed E-state index contributed by atoms with van der Waals surface area (Å²) < 4.78 is 11.3. The van der Waals surface area contributed by atoms with Crippen LogP contribution in [0.2, 0.25) is 0 Å². The van der Waals surface area contributed by atoms with E-state index in [4.69, 9.17) is 9.47 Å². The van der Waals surface area contributed by atoms with Gasteiger partial charge in [0.2, 0.25) is 11.8 Å². The Morgan fingerprint density at radius 1 is 1.27 bits per heavy atom. The fourth-order valence-electron chi connectivity index (χ4n) is 5.13. The molecule has 9 nitrogen and oxygen atoms in total. The number of benzene rings is 1. The first-order valence-corrected chi connectivity index (χ1v) is 13.6. The third-order valence-electron chi connectivity index (χ3n) is 7.59. The Morgan fingerprint density at radius 3 is 2.68 bits per heavy atom. The van der Waals surface area contributed by atoms with Gasteiger partial charge in [-0.25, -0.2) is 0 Å². The number of carbonyl (C=O) groups excluding carboxylic acids is 3. The molecule has 3 atom stereocenters. The Labute approximate surface area is 220 Å². The van der Waals surface area contributed by atoms with Gasteiger partial charge in [-0.05, 0) is 71.1 Å². The van der Waals surface area contributed by atoms with E-state index in [2.05, 4.69) is 10.6 Å². The number of amides is 3. The highest BCUT2D eigenvalue weighted by atomic mass is 16.5. The van der Waals surface area contributed by atoms with Crippen LogP contribution >= 0.6 is 0 Å². The van der Waals surface area contributed by atoms with E-state index >= 15 is 0 Å². The second-order valence-corrected chi connectivity index (χ2v) is 11.1. The number of hydrogen-bond acceptors (Lipinski definition) is 6. The number of nitrogens with zero attached hydrogens (tertiary/aromatic N) is 2. The van der Waals surface area contributed by atoms with Gasteiger partial charge >= 0.3 is 0 Å². The second kappa shape index (κ2) is 11.4. The van der Waals surface area contributed by atoms with Crippen LogP contribution in [0.15, 0.2) is 18.2 Å². The van der Waals surface area contributed by atoms with Crippen molar-refractivity contribution in [1.29, 1.82) is 0 Å². The van der Waals surface area contributed by atoms with Gasteiger partial charge in [-0.2, -0.15) is 0 Å². The molecule has 37 heavy (non-hydrogen) atoms. The smallest absolute Gasteiger partial charge is 0.270 e. The maximum atomic E-state index is 13.9.